The summed E-state index contributed by atoms with van der Waals surface area (Å²) < 4.78 is 0. The maximum Gasteiger partial charge on any atom is 0.0312 e. The second kappa shape index (κ2) is 2.31. The molecule has 1 fully saturated rings. The van der Waals surface area contributed by atoms with Crippen molar-refractivity contribution in [1.29, 1.82) is 0 Å². The topological polar surface area (TPSA) is 12.0 Å². The average molecular weight is 146 g/mol. The molecule has 0 amide bonds. The highest BCUT2D eigenvalue weighted by atomic mass is 35.5. The first-order valence-corrected chi connectivity index (χ1v) is 3.58. The number of rotatable bonds is 3. The molecular formula is C7H12ClN. The van der Waals surface area contributed by atoms with Crippen LogP contribution in [-0.2, 0) is 0 Å². The Morgan fingerprint density at radius 2 is 2.33 bits per heavy atom. The smallest absolute Gasteiger partial charge is 0.0312 e. The predicted octanol–water partition coefficient (Wildman–Crippen LogP) is 1.88. The van der Waals surface area contributed by atoms with Gasteiger partial charge in [0.05, 0.1) is 0 Å². The molecule has 1 aliphatic carbocycles. The summed E-state index contributed by atoms with van der Waals surface area (Å²) in [5, 5.41) is 4.00. The van der Waals surface area contributed by atoms with Crippen LogP contribution in [0, 0.1) is 0 Å². The molecule has 0 radical (unpaired) electrons. The second-order valence-corrected chi connectivity index (χ2v) is 3.47. The maximum absolute atomic E-state index is 5.55. The van der Waals surface area contributed by atoms with Crippen LogP contribution in [0.4, 0.5) is 0 Å². The largest absolute Gasteiger partial charge is 0.307 e. The fourth-order valence-electron chi connectivity index (χ4n) is 0.674. The fourth-order valence-corrected chi connectivity index (χ4v) is 0.740. The van der Waals surface area contributed by atoms with Crippen molar-refractivity contribution in [1.82, 2.24) is 5.32 Å². The van der Waals surface area contributed by atoms with Crippen LogP contribution >= 0.6 is 11.6 Å². The van der Waals surface area contributed by atoms with Crippen LogP contribution < -0.4 is 5.32 Å². The van der Waals surface area contributed by atoms with E-state index in [1.165, 1.54) is 12.8 Å². The third-order valence-corrected chi connectivity index (χ3v) is 1.84. The van der Waals surface area contributed by atoms with Gasteiger partial charge >= 0.3 is 0 Å². The minimum absolute atomic E-state index is 0.387. The highest BCUT2D eigenvalue weighted by Gasteiger charge is 2.36. The van der Waals surface area contributed by atoms with E-state index in [4.69, 9.17) is 11.6 Å². The highest BCUT2D eigenvalue weighted by molar-refractivity contribution is 6.29. The molecule has 1 aliphatic rings. The van der Waals surface area contributed by atoms with Crippen LogP contribution in [0.1, 0.15) is 19.8 Å². The van der Waals surface area contributed by atoms with E-state index in [0.717, 1.165) is 6.54 Å². The lowest BCUT2D eigenvalue weighted by Gasteiger charge is -2.08. The lowest BCUT2D eigenvalue weighted by atomic mass is 10.3. The summed E-state index contributed by atoms with van der Waals surface area (Å²) in [7, 11) is 0. The minimum atomic E-state index is 0.387. The quantitative estimate of drug-likeness (QED) is 0.640. The van der Waals surface area contributed by atoms with Gasteiger partial charge in [-0.1, -0.05) is 18.2 Å². The molecule has 1 rings (SSSR count). The van der Waals surface area contributed by atoms with E-state index < -0.39 is 0 Å². The summed E-state index contributed by atoms with van der Waals surface area (Å²) in [6, 6.07) is 0. The summed E-state index contributed by atoms with van der Waals surface area (Å²) in [5.41, 5.74) is 0.387. The molecule has 0 aliphatic heterocycles. The Labute approximate surface area is 61.1 Å². The minimum Gasteiger partial charge on any atom is -0.307 e. The number of nitrogens with one attached hydrogen (secondary N) is 1. The van der Waals surface area contributed by atoms with Crippen LogP contribution in [0.15, 0.2) is 11.6 Å². The Morgan fingerprint density at radius 1 is 1.78 bits per heavy atom. The van der Waals surface area contributed by atoms with Gasteiger partial charge in [0.1, 0.15) is 0 Å². The van der Waals surface area contributed by atoms with Crippen molar-refractivity contribution < 1.29 is 0 Å². The first-order chi connectivity index (χ1) is 4.12. The summed E-state index contributed by atoms with van der Waals surface area (Å²) in [6.45, 7) is 6.54. The molecule has 0 aromatic heterocycles. The normalized spacial score (nSPS) is 21.6. The van der Waals surface area contributed by atoms with Gasteiger partial charge in [-0.3, -0.25) is 0 Å². The molecule has 0 aromatic carbocycles. The van der Waals surface area contributed by atoms with E-state index in [0.29, 0.717) is 10.6 Å². The van der Waals surface area contributed by atoms with Gasteiger partial charge in [0.2, 0.25) is 0 Å². The molecule has 1 nitrogen and oxygen atoms in total. The van der Waals surface area contributed by atoms with Crippen molar-refractivity contribution in [2.75, 3.05) is 6.54 Å². The molecule has 0 atom stereocenters. The molecule has 52 valence electrons. The molecule has 0 unspecified atom stereocenters. The molecule has 0 saturated heterocycles. The first-order valence-electron chi connectivity index (χ1n) is 3.21. The third-order valence-electron chi connectivity index (χ3n) is 1.71. The van der Waals surface area contributed by atoms with E-state index in [1.54, 1.807) is 0 Å². The number of hydrogen-bond acceptors (Lipinski definition) is 1. The van der Waals surface area contributed by atoms with Crippen molar-refractivity contribution in [2.45, 2.75) is 25.3 Å². The molecule has 1 saturated carbocycles. The fraction of sp³-hybridized carbons (Fsp3) is 0.714. The zero-order valence-electron chi connectivity index (χ0n) is 5.71. The van der Waals surface area contributed by atoms with E-state index >= 15 is 0 Å². The lowest BCUT2D eigenvalue weighted by Crippen LogP contribution is -2.28. The Kier molecular flexibility index (Phi) is 1.83. The Bertz CT molecular complexity index is 127. The van der Waals surface area contributed by atoms with Crippen LogP contribution in [0.2, 0.25) is 0 Å². The zero-order chi connectivity index (χ0) is 6.91. The second-order valence-electron chi connectivity index (χ2n) is 2.93. The van der Waals surface area contributed by atoms with E-state index in [2.05, 4.69) is 18.8 Å². The van der Waals surface area contributed by atoms with Gasteiger partial charge in [-0.05, 0) is 19.8 Å². The van der Waals surface area contributed by atoms with Gasteiger partial charge in [-0.25, -0.2) is 0 Å². The summed E-state index contributed by atoms with van der Waals surface area (Å²) in [5.74, 6) is 0. The van der Waals surface area contributed by atoms with Gasteiger partial charge in [-0.15, -0.1) is 0 Å². The van der Waals surface area contributed by atoms with Gasteiger partial charge < -0.3 is 5.32 Å². The van der Waals surface area contributed by atoms with E-state index in [1.807, 2.05) is 0 Å². The molecule has 0 heterocycles. The van der Waals surface area contributed by atoms with Gasteiger partial charge in [0.15, 0.2) is 0 Å². The van der Waals surface area contributed by atoms with Crippen molar-refractivity contribution in [2.24, 2.45) is 0 Å². The van der Waals surface area contributed by atoms with Gasteiger partial charge in [0, 0.05) is 17.1 Å². The molecule has 1 N–H and O–H groups in total. The third kappa shape index (κ3) is 2.37. The summed E-state index contributed by atoms with van der Waals surface area (Å²) in [4.78, 5) is 0. The summed E-state index contributed by atoms with van der Waals surface area (Å²) >= 11 is 5.55. The standard InChI is InChI=1S/C7H12ClN/c1-6(8)5-9-7(2)3-4-7/h9H,1,3-5H2,2H3. The number of hydrogen-bond donors (Lipinski definition) is 1. The van der Waals surface area contributed by atoms with Crippen molar-refractivity contribution in [3.63, 3.8) is 0 Å². The molecular weight excluding hydrogens is 134 g/mol. The molecule has 9 heavy (non-hydrogen) atoms. The van der Waals surface area contributed by atoms with Crippen molar-refractivity contribution >= 4 is 11.6 Å². The Hall–Kier alpha value is -0.0100. The molecule has 0 aromatic rings. The van der Waals surface area contributed by atoms with Gasteiger partial charge in [-0.2, -0.15) is 0 Å². The predicted molar refractivity (Wildman–Crippen MR) is 40.6 cm³/mol. The van der Waals surface area contributed by atoms with Crippen LogP contribution in [0.5, 0.6) is 0 Å². The zero-order valence-corrected chi connectivity index (χ0v) is 6.46. The lowest BCUT2D eigenvalue weighted by molar-refractivity contribution is 0.573. The Balaban J connectivity index is 2.12. The average Bonchev–Trinajstić information content (AvgIpc) is 2.45. The SMILES string of the molecule is C=C(Cl)CNC1(C)CC1. The monoisotopic (exact) mass is 145 g/mol. The van der Waals surface area contributed by atoms with E-state index in [-0.39, 0.29) is 0 Å². The van der Waals surface area contributed by atoms with Crippen molar-refractivity contribution in [3.8, 4) is 0 Å². The molecule has 2 heteroatoms. The Morgan fingerprint density at radius 3 is 2.67 bits per heavy atom. The maximum atomic E-state index is 5.55. The van der Waals surface area contributed by atoms with E-state index in [9.17, 15) is 0 Å². The first kappa shape index (κ1) is 7.10. The number of halogens is 1. The highest BCUT2D eigenvalue weighted by Crippen LogP contribution is 2.34. The van der Waals surface area contributed by atoms with Crippen molar-refractivity contribution in [3.05, 3.63) is 11.6 Å². The summed E-state index contributed by atoms with van der Waals surface area (Å²) in [6.07, 6.45) is 2.55. The van der Waals surface area contributed by atoms with Gasteiger partial charge in [0.25, 0.3) is 0 Å². The molecule has 0 spiro atoms. The molecule has 0 bridgehead atoms. The van der Waals surface area contributed by atoms with Crippen LogP contribution in [0.3, 0.4) is 0 Å². The van der Waals surface area contributed by atoms with Crippen LogP contribution in [-0.4, -0.2) is 12.1 Å². The van der Waals surface area contributed by atoms with Crippen LogP contribution in [0.25, 0.3) is 0 Å².